The summed E-state index contributed by atoms with van der Waals surface area (Å²) in [6, 6.07) is 9.18. The summed E-state index contributed by atoms with van der Waals surface area (Å²) in [5.41, 5.74) is 1.07. The van der Waals surface area contributed by atoms with E-state index in [4.69, 9.17) is 56.6 Å². The Morgan fingerprint density at radius 1 is 0.698 bits per heavy atom. The summed E-state index contributed by atoms with van der Waals surface area (Å²) >= 11 is 0. The number of carbonyl (C=O) groups is 1. The highest BCUT2D eigenvalue weighted by Crippen LogP contribution is 2.39. The Morgan fingerprint density at radius 2 is 1.16 bits per heavy atom. The predicted molar refractivity (Wildman–Crippen MR) is 156 cm³/mol. The first kappa shape index (κ1) is 35.0. The normalized spacial score (nSPS) is 10.7. The van der Waals surface area contributed by atoms with Gasteiger partial charge < -0.3 is 33.2 Å². The monoisotopic (exact) mass is 614 g/mol. The molecule has 11 nitrogen and oxygen atoms in total. The zero-order valence-electron chi connectivity index (χ0n) is 23.9. The third kappa shape index (κ3) is 13.1. The maximum atomic E-state index is 12.6. The Hall–Kier alpha value is -4.22. The molecule has 0 aliphatic carbocycles. The molecule has 43 heavy (non-hydrogen) atoms. The van der Waals surface area contributed by atoms with Crippen LogP contribution in [0.4, 0.5) is 0 Å². The van der Waals surface area contributed by atoms with Gasteiger partial charge in [0.15, 0.2) is 11.5 Å². The number of terminal acetylenes is 3. The summed E-state index contributed by atoms with van der Waals surface area (Å²) in [5.74, 6) is 6.80. The Kier molecular flexibility index (Phi) is 16.1. The van der Waals surface area contributed by atoms with Crippen LogP contribution in [0.25, 0.3) is 0 Å². The van der Waals surface area contributed by atoms with Crippen molar-refractivity contribution in [3.63, 3.8) is 0 Å². The van der Waals surface area contributed by atoms with Crippen LogP contribution in [-0.2, 0) is 33.2 Å². The lowest BCUT2D eigenvalue weighted by Gasteiger charge is -2.16. The fourth-order valence-corrected chi connectivity index (χ4v) is 4.09. The number of benzene rings is 2. The second-order valence-corrected chi connectivity index (χ2v) is 9.96. The van der Waals surface area contributed by atoms with E-state index in [1.54, 1.807) is 12.1 Å². The van der Waals surface area contributed by atoms with Gasteiger partial charge in [0.1, 0.15) is 26.4 Å². The van der Waals surface area contributed by atoms with Crippen molar-refractivity contribution in [2.24, 2.45) is 0 Å². The standard InChI is InChI=1S/C31H34O11S/c1-5-12-38-28-23-26(24-29(39-13-6-2)30(28)40-14-7-3)31(32)41-21-19-36-17-15-35-16-18-37-20-22-42-43(33,34)27-10-8-25(4)9-11-27/h1-3,8-11,23-24H,12-22H2,4H3. The maximum Gasteiger partial charge on any atom is 0.338 e. The van der Waals surface area contributed by atoms with Gasteiger partial charge in [-0.2, -0.15) is 8.42 Å². The molecule has 0 radical (unpaired) electrons. The molecular formula is C31H34O11S. The third-order valence-electron chi connectivity index (χ3n) is 5.16. The SMILES string of the molecule is C#CCOc1cc(C(=O)OCCOCCOCCOCCOS(=O)(=O)c2ccc(C)cc2)cc(OCC#C)c1OCC#C. The lowest BCUT2D eigenvalue weighted by atomic mass is 10.2. The van der Waals surface area contributed by atoms with Gasteiger partial charge in [0.2, 0.25) is 5.75 Å². The predicted octanol–water partition coefficient (Wildman–Crippen LogP) is 2.64. The van der Waals surface area contributed by atoms with Gasteiger partial charge in [0, 0.05) is 0 Å². The molecule has 12 heteroatoms. The van der Waals surface area contributed by atoms with Crippen molar-refractivity contribution in [2.75, 3.05) is 72.7 Å². The van der Waals surface area contributed by atoms with E-state index in [-0.39, 0.29) is 100 Å². The van der Waals surface area contributed by atoms with Crippen molar-refractivity contribution < 1.29 is 50.6 Å². The molecule has 0 fully saturated rings. The van der Waals surface area contributed by atoms with Crippen LogP contribution in [0.5, 0.6) is 17.2 Å². The number of hydrogen-bond donors (Lipinski definition) is 0. The zero-order valence-corrected chi connectivity index (χ0v) is 24.7. The molecule has 0 N–H and O–H groups in total. The fraction of sp³-hybridized carbons (Fsp3) is 0.387. The summed E-state index contributed by atoms with van der Waals surface area (Å²) in [6.07, 6.45) is 15.8. The smallest absolute Gasteiger partial charge is 0.338 e. The van der Waals surface area contributed by atoms with E-state index in [0.29, 0.717) is 0 Å². The van der Waals surface area contributed by atoms with E-state index >= 15 is 0 Å². The molecule has 2 aromatic rings. The van der Waals surface area contributed by atoms with E-state index in [1.807, 2.05) is 6.92 Å². The number of aryl methyl sites for hydroxylation is 1. The lowest BCUT2D eigenvalue weighted by molar-refractivity contribution is -0.00202. The molecule has 0 atom stereocenters. The molecule has 0 bridgehead atoms. The van der Waals surface area contributed by atoms with Crippen molar-refractivity contribution in [1.82, 2.24) is 0 Å². The van der Waals surface area contributed by atoms with E-state index in [1.165, 1.54) is 24.3 Å². The van der Waals surface area contributed by atoms with Crippen LogP contribution in [0.1, 0.15) is 15.9 Å². The van der Waals surface area contributed by atoms with Crippen LogP contribution in [0, 0.1) is 44.0 Å². The van der Waals surface area contributed by atoms with E-state index in [0.717, 1.165) is 5.56 Å². The quantitative estimate of drug-likeness (QED) is 0.0892. The molecule has 230 valence electrons. The van der Waals surface area contributed by atoms with Crippen molar-refractivity contribution in [3.05, 3.63) is 47.5 Å². The van der Waals surface area contributed by atoms with Crippen LogP contribution in [0.3, 0.4) is 0 Å². The van der Waals surface area contributed by atoms with Gasteiger partial charge in [0.05, 0.1) is 56.7 Å². The average Bonchev–Trinajstić information content (AvgIpc) is 3.00. The minimum Gasteiger partial charge on any atom is -0.477 e. The van der Waals surface area contributed by atoms with Gasteiger partial charge in [-0.05, 0) is 31.2 Å². The Balaban J connectivity index is 1.64. The van der Waals surface area contributed by atoms with Gasteiger partial charge in [0.25, 0.3) is 10.1 Å². The topological polar surface area (TPSA) is 125 Å². The number of hydrogen-bond acceptors (Lipinski definition) is 11. The highest BCUT2D eigenvalue weighted by atomic mass is 32.2. The molecule has 2 rings (SSSR count). The molecule has 0 spiro atoms. The molecule has 0 saturated heterocycles. The molecule has 2 aromatic carbocycles. The van der Waals surface area contributed by atoms with Crippen molar-refractivity contribution >= 4 is 16.1 Å². The van der Waals surface area contributed by atoms with Crippen molar-refractivity contribution in [1.29, 1.82) is 0 Å². The zero-order chi connectivity index (χ0) is 31.3. The second kappa shape index (κ2) is 19.8. The molecule has 0 heterocycles. The van der Waals surface area contributed by atoms with E-state index in [2.05, 4.69) is 17.8 Å². The minimum atomic E-state index is -3.82. The Morgan fingerprint density at radius 3 is 1.67 bits per heavy atom. The largest absolute Gasteiger partial charge is 0.477 e. The van der Waals surface area contributed by atoms with Crippen molar-refractivity contribution in [2.45, 2.75) is 11.8 Å². The van der Waals surface area contributed by atoms with Crippen LogP contribution < -0.4 is 14.2 Å². The first-order valence-electron chi connectivity index (χ1n) is 13.1. The highest BCUT2D eigenvalue weighted by Gasteiger charge is 2.20. The van der Waals surface area contributed by atoms with Gasteiger partial charge >= 0.3 is 5.97 Å². The van der Waals surface area contributed by atoms with Gasteiger partial charge in [-0.3, -0.25) is 4.18 Å². The van der Waals surface area contributed by atoms with Gasteiger partial charge in [-0.1, -0.05) is 35.5 Å². The molecule has 0 aromatic heterocycles. The second-order valence-electron chi connectivity index (χ2n) is 8.34. The summed E-state index contributed by atoms with van der Waals surface area (Å²) in [5, 5.41) is 0. The number of carbonyl (C=O) groups excluding carboxylic acids is 1. The average molecular weight is 615 g/mol. The molecule has 0 saturated carbocycles. The van der Waals surface area contributed by atoms with Crippen LogP contribution in [0.15, 0.2) is 41.3 Å². The Bertz CT molecular complexity index is 1340. The molecular weight excluding hydrogens is 580 g/mol. The van der Waals surface area contributed by atoms with Gasteiger partial charge in [-0.15, -0.1) is 19.3 Å². The molecule has 0 aliphatic heterocycles. The summed E-state index contributed by atoms with van der Waals surface area (Å²) in [6.45, 7) is 2.75. The van der Waals surface area contributed by atoms with E-state index in [9.17, 15) is 13.2 Å². The molecule has 0 amide bonds. The minimum absolute atomic E-state index is 0.0239. The van der Waals surface area contributed by atoms with Crippen LogP contribution in [-0.4, -0.2) is 87.1 Å². The summed E-state index contributed by atoms with van der Waals surface area (Å²) in [7, 11) is -3.82. The first-order valence-corrected chi connectivity index (χ1v) is 14.5. The van der Waals surface area contributed by atoms with Crippen LogP contribution >= 0.6 is 0 Å². The lowest BCUT2D eigenvalue weighted by Crippen LogP contribution is -2.15. The maximum absolute atomic E-state index is 12.6. The van der Waals surface area contributed by atoms with Crippen LogP contribution in [0.2, 0.25) is 0 Å². The summed E-state index contributed by atoms with van der Waals surface area (Å²) < 4.78 is 67.0. The Labute approximate surface area is 252 Å². The third-order valence-corrected chi connectivity index (χ3v) is 6.49. The first-order chi connectivity index (χ1) is 20.8. The highest BCUT2D eigenvalue weighted by molar-refractivity contribution is 7.86. The fourth-order valence-electron chi connectivity index (χ4n) is 3.20. The number of esters is 1. The van der Waals surface area contributed by atoms with Gasteiger partial charge in [-0.25, -0.2) is 4.79 Å². The molecule has 0 unspecified atom stereocenters. The molecule has 0 aliphatic rings. The van der Waals surface area contributed by atoms with E-state index < -0.39 is 16.1 Å². The number of ether oxygens (including phenoxy) is 7. The number of rotatable bonds is 21. The summed E-state index contributed by atoms with van der Waals surface area (Å²) in [4.78, 5) is 12.7. The van der Waals surface area contributed by atoms with Crippen molar-refractivity contribution in [3.8, 4) is 54.3 Å².